The smallest absolute Gasteiger partial charge is 0.397 e. The first-order valence-corrected chi connectivity index (χ1v) is 41.4. The Labute approximate surface area is 629 Å². The van der Waals surface area contributed by atoms with Crippen molar-refractivity contribution in [3.05, 3.63) is 57.7 Å². The molecule has 26 nitrogen and oxygen atoms in total. The number of aryl methyl sites for hydroxylation is 2. The molecule has 2 bridgehead atoms. The molecule has 18 unspecified atom stereocenters. The van der Waals surface area contributed by atoms with Crippen molar-refractivity contribution in [3.8, 4) is 0 Å². The van der Waals surface area contributed by atoms with E-state index in [2.05, 4.69) is 22.6 Å². The largest absolute Gasteiger partial charge is 0.456 e. The Morgan fingerprint density at radius 1 is 0.676 bits per heavy atom. The summed E-state index contributed by atoms with van der Waals surface area (Å²) < 4.78 is 64.3. The zero-order chi connectivity index (χ0) is 77.8. The normalized spacial score (nSPS) is 30.3. The Bertz CT molecular complexity index is 2850. The van der Waals surface area contributed by atoms with E-state index < -0.39 is 126 Å². The van der Waals surface area contributed by atoms with E-state index >= 15 is 0 Å². The molecule has 0 spiro atoms. The van der Waals surface area contributed by atoms with Crippen LogP contribution in [0.5, 0.6) is 0 Å². The quantitative estimate of drug-likeness (QED) is 0.0119. The minimum atomic E-state index is -5.24. The van der Waals surface area contributed by atoms with E-state index in [4.69, 9.17) is 33.5 Å². The minimum absolute atomic E-state index is 0.0176. The number of unbranched alkanes of at least 4 members (excludes halogenated alkanes) is 3. The topological polar surface area (TPSA) is 445 Å². The summed E-state index contributed by atoms with van der Waals surface area (Å²) in [4.78, 5) is 37.2. The van der Waals surface area contributed by atoms with Gasteiger partial charge in [-0.1, -0.05) is 78.0 Å². The van der Waals surface area contributed by atoms with Crippen molar-refractivity contribution in [1.82, 2.24) is 15.3 Å². The number of thiazole rings is 1. The lowest BCUT2D eigenvalue weighted by molar-refractivity contribution is -0.120. The summed E-state index contributed by atoms with van der Waals surface area (Å²) >= 11 is 1.66. The Hall–Kier alpha value is -3.47. The van der Waals surface area contributed by atoms with Crippen molar-refractivity contribution < 1.29 is 107 Å². The third-order valence-electron chi connectivity index (χ3n) is 20.8. The number of aliphatic hydroxyl groups excluding tert-OH is 12. The zero-order valence-corrected chi connectivity index (χ0v) is 65.6. The number of nitrogens with one attached hydrogen (secondary N) is 1. The maximum absolute atomic E-state index is 14.2. The highest BCUT2D eigenvalue weighted by molar-refractivity contribution is 7.80. The number of carbonyl (C=O) groups excluding carboxylic acids is 2. The van der Waals surface area contributed by atoms with Crippen molar-refractivity contribution in [2.75, 3.05) is 7.11 Å². The van der Waals surface area contributed by atoms with Crippen LogP contribution in [0.15, 0.2) is 39.9 Å². The number of aromatic nitrogens is 2. The first-order valence-electron chi connectivity index (χ1n) is 39.2. The molecule has 1 saturated heterocycles. The highest BCUT2D eigenvalue weighted by Gasteiger charge is 2.40. The highest BCUT2D eigenvalue weighted by atomic mass is 32.3. The lowest BCUT2D eigenvalue weighted by Crippen LogP contribution is -2.55. The number of cyclic esters (lactones) is 1. The number of nitrogens with zero attached hydrogens (tertiary/aromatic N) is 2. The van der Waals surface area contributed by atoms with E-state index in [1.165, 1.54) is 19.9 Å². The van der Waals surface area contributed by atoms with Gasteiger partial charge in [0.2, 0.25) is 5.91 Å². The molecule has 28 heteroatoms. The molecule has 0 aromatic carbocycles. The van der Waals surface area contributed by atoms with Gasteiger partial charge in [-0.25, -0.2) is 18.9 Å². The van der Waals surface area contributed by atoms with E-state index in [1.807, 2.05) is 26.0 Å². The van der Waals surface area contributed by atoms with E-state index in [9.17, 15) is 83.8 Å². The number of esters is 1. The SMILES string of the molecule is CO[C@H]1/C=C/C(C)CCC(O)CC(O)CCCC(O)CCCCC(C)C(OS(=O)(=O)O)C(NC(=O)/C(C)=C/C(C)C(O)CC(O)CC(O)CCCC(O)CC(O)CC(O)CC2OC(c3csc(CCCCCC[C@@H](C)N)n3)CCC2C)C(C)OC(=O)c2coc(n2)CCC[C@@H](O)C[C@@H](O)CCC[C@@H](O)C1. The summed E-state index contributed by atoms with van der Waals surface area (Å²) in [5, 5.41) is 137. The van der Waals surface area contributed by atoms with Gasteiger partial charge < -0.3 is 91.0 Å². The van der Waals surface area contributed by atoms with Crippen LogP contribution in [0.2, 0.25) is 0 Å². The van der Waals surface area contributed by atoms with Crippen molar-refractivity contribution in [1.29, 1.82) is 0 Å². The fourth-order valence-electron chi connectivity index (χ4n) is 14.2. The molecule has 23 atom stereocenters. The molecular weight excluding hydrogens is 1400 g/mol. The van der Waals surface area contributed by atoms with Gasteiger partial charge in [0, 0.05) is 42.9 Å². The third kappa shape index (κ3) is 39.8. The van der Waals surface area contributed by atoms with Gasteiger partial charge in [-0.3, -0.25) is 9.35 Å². The van der Waals surface area contributed by atoms with Crippen LogP contribution in [-0.2, 0) is 46.4 Å². The van der Waals surface area contributed by atoms with Gasteiger partial charge >= 0.3 is 16.4 Å². The summed E-state index contributed by atoms with van der Waals surface area (Å²) in [6, 6.07) is -1.25. The number of amides is 1. The number of rotatable bonds is 29. The molecule has 1 amide bonds. The molecule has 2 aliphatic rings. The van der Waals surface area contributed by atoms with E-state index in [-0.39, 0.29) is 124 Å². The molecule has 608 valence electrons. The minimum Gasteiger partial charge on any atom is -0.456 e. The van der Waals surface area contributed by atoms with E-state index in [0.29, 0.717) is 96.3 Å². The number of oxazole rings is 1. The molecule has 16 N–H and O–H groups in total. The van der Waals surface area contributed by atoms with Crippen LogP contribution in [0.3, 0.4) is 0 Å². The van der Waals surface area contributed by atoms with Crippen LogP contribution in [0, 0.1) is 23.7 Å². The number of hydrogen-bond acceptors (Lipinski definition) is 25. The molecule has 2 aromatic heterocycles. The molecule has 0 aliphatic carbocycles. The summed E-state index contributed by atoms with van der Waals surface area (Å²) in [5.41, 5.74) is 6.57. The number of ether oxygens (including phenoxy) is 3. The summed E-state index contributed by atoms with van der Waals surface area (Å²) in [7, 11) is -3.67. The second kappa shape index (κ2) is 50.4. The number of nitrogens with two attached hydrogens (primary N) is 1. The predicted octanol–water partition coefficient (Wildman–Crippen LogP) is 8.81. The van der Waals surface area contributed by atoms with E-state index in [0.717, 1.165) is 68.3 Å². The molecule has 2 aliphatic heterocycles. The maximum atomic E-state index is 14.2. The number of allylic oxidation sites excluding steroid dienone is 1. The summed E-state index contributed by atoms with van der Waals surface area (Å²) in [6.07, 6.45) is 7.45. The van der Waals surface area contributed by atoms with Gasteiger partial charge in [-0.15, -0.1) is 11.3 Å². The number of methoxy groups -OCH3 is 1. The van der Waals surface area contributed by atoms with Gasteiger partial charge in [0.05, 0.1) is 102 Å². The van der Waals surface area contributed by atoms with Crippen LogP contribution >= 0.6 is 11.3 Å². The Kier molecular flexibility index (Phi) is 45.1. The molecule has 4 heterocycles. The average molecular weight is 1530 g/mol. The molecule has 2 aromatic rings. The second-order valence-corrected chi connectivity index (χ2v) is 33.0. The number of aliphatic hydroxyl groups is 12. The monoisotopic (exact) mass is 1530 g/mol. The number of carbonyl (C=O) groups is 2. The lowest BCUT2D eigenvalue weighted by atomic mass is 9.88. The zero-order valence-electron chi connectivity index (χ0n) is 64.0. The molecule has 0 radical (unpaired) electrons. The van der Waals surface area contributed by atoms with E-state index in [1.54, 1.807) is 32.3 Å². The fourth-order valence-corrected chi connectivity index (χ4v) is 15.7. The van der Waals surface area contributed by atoms with Gasteiger partial charge in [0.1, 0.15) is 24.6 Å². The fraction of sp³-hybridized carbons (Fsp3) is 0.844. The molecule has 0 saturated carbocycles. The van der Waals surface area contributed by atoms with Crippen LogP contribution in [-0.4, -0.2) is 213 Å². The first kappa shape index (κ1) is 93.9. The first-order chi connectivity index (χ1) is 49.7. The van der Waals surface area contributed by atoms with Gasteiger partial charge in [0.15, 0.2) is 11.6 Å². The van der Waals surface area contributed by atoms with Gasteiger partial charge in [0.25, 0.3) is 0 Å². The summed E-state index contributed by atoms with van der Waals surface area (Å²) in [5.74, 6) is -2.95. The molecule has 4 rings (SSSR count). The Morgan fingerprint density at radius 2 is 1.26 bits per heavy atom. The summed E-state index contributed by atoms with van der Waals surface area (Å²) in [6.45, 7) is 12.2. The molecule has 105 heavy (non-hydrogen) atoms. The standard InChI is InChI=1S/C77H136N4O22S2/c1-48-31-34-62(89)39-57(84)23-15-22-55(82)21-14-13-19-50(3)75(103-105(96,97)98)74(54(7)101-77(95)67-46-100-72(79-67)29-18-28-58(85)38-56(83)24-17-27-61(88)43-66(99-8)35-32-48)81-76(94)52(5)37-51(4)69(93)44-64(91)41-60(87)26-16-25-59(86)40-63(90)42-65(92)45-71-49(2)33-36-70(102-71)68-47-104-73(80-68)30-12-10-9-11-20-53(6)78/h32,35,37,46-51,53-66,69-71,74-75,82-93H,9-31,33-34,36,38-45,78H2,1-8H3,(H,81,94)(H,96,97,98)/b35-32+,52-37+/t48?,49?,50?,51?,53-,54?,55?,56+,57?,58-,59?,60?,61-,62?,63?,64?,65?,66+,69?,70?,71?,74?,75?/m1/s1. The average Bonchev–Trinajstić information content (AvgIpc) is 1.80. The number of hydrogen-bond donors (Lipinski definition) is 15. The Balaban J connectivity index is 1.34. The van der Waals surface area contributed by atoms with Crippen molar-refractivity contribution in [2.24, 2.45) is 29.4 Å². The second-order valence-electron chi connectivity index (χ2n) is 31.1. The third-order valence-corrected chi connectivity index (χ3v) is 22.2. The van der Waals surface area contributed by atoms with Crippen LogP contribution in [0.4, 0.5) is 0 Å². The predicted molar refractivity (Wildman–Crippen MR) is 401 cm³/mol. The van der Waals surface area contributed by atoms with Crippen LogP contribution in [0.1, 0.15) is 287 Å². The van der Waals surface area contributed by atoms with Gasteiger partial charge in [-0.2, -0.15) is 8.42 Å². The van der Waals surface area contributed by atoms with Crippen molar-refractivity contribution in [3.63, 3.8) is 0 Å². The van der Waals surface area contributed by atoms with Crippen LogP contribution in [0.25, 0.3) is 0 Å². The number of fused-ring (bicyclic) bond motifs is 2. The van der Waals surface area contributed by atoms with Crippen LogP contribution < -0.4 is 11.1 Å². The highest BCUT2D eigenvalue weighted by Crippen LogP contribution is 2.38. The Morgan fingerprint density at radius 3 is 1.90 bits per heavy atom. The molecular formula is C77H136N4O22S2. The van der Waals surface area contributed by atoms with Crippen molar-refractivity contribution >= 4 is 33.6 Å². The lowest BCUT2D eigenvalue weighted by Gasteiger charge is -2.35. The van der Waals surface area contributed by atoms with Crippen molar-refractivity contribution in [2.45, 2.75) is 383 Å². The maximum Gasteiger partial charge on any atom is 0.397 e. The molecule has 1 fully saturated rings. The van der Waals surface area contributed by atoms with Gasteiger partial charge in [-0.05, 0) is 212 Å².